The third-order valence-electron chi connectivity index (χ3n) is 3.38. The van der Waals surface area contributed by atoms with Crippen LogP contribution in [0.4, 0.5) is 0 Å². The summed E-state index contributed by atoms with van der Waals surface area (Å²) in [7, 11) is 0. The van der Waals surface area contributed by atoms with E-state index in [-0.39, 0.29) is 11.9 Å². The van der Waals surface area contributed by atoms with Gasteiger partial charge in [-0.2, -0.15) is 11.8 Å². The van der Waals surface area contributed by atoms with Crippen molar-refractivity contribution in [2.75, 3.05) is 12.8 Å². The molecule has 1 aliphatic rings. The summed E-state index contributed by atoms with van der Waals surface area (Å²) < 4.78 is 5.55. The van der Waals surface area contributed by atoms with E-state index in [0.717, 1.165) is 12.3 Å². The molecule has 0 aliphatic heterocycles. The van der Waals surface area contributed by atoms with E-state index in [4.69, 9.17) is 4.42 Å². The number of rotatable bonds is 7. The second-order valence-corrected chi connectivity index (χ2v) is 6.06. The molecule has 100 valence electrons. The lowest BCUT2D eigenvalue weighted by Crippen LogP contribution is -2.44. The minimum atomic E-state index is -0.162. The van der Waals surface area contributed by atoms with Crippen LogP contribution in [-0.2, 0) is 11.3 Å². The molecule has 1 saturated carbocycles. The van der Waals surface area contributed by atoms with E-state index in [9.17, 15) is 4.79 Å². The number of carbonyl (C=O) groups excluding carboxylic acids is 1. The van der Waals surface area contributed by atoms with Gasteiger partial charge in [0.25, 0.3) is 0 Å². The van der Waals surface area contributed by atoms with E-state index >= 15 is 0 Å². The van der Waals surface area contributed by atoms with Crippen molar-refractivity contribution >= 4 is 17.7 Å². The molecule has 2 N–H and O–H groups in total. The fraction of sp³-hybridized carbons (Fsp3) is 0.615. The molecule has 0 radical (unpaired) electrons. The van der Waals surface area contributed by atoms with Crippen molar-refractivity contribution in [1.82, 2.24) is 10.6 Å². The first kappa shape index (κ1) is 13.5. The quantitative estimate of drug-likeness (QED) is 0.791. The number of furan rings is 1. The molecule has 1 aromatic heterocycles. The first-order valence-corrected chi connectivity index (χ1v) is 7.46. The lowest BCUT2D eigenvalue weighted by Gasteiger charge is -2.18. The van der Waals surface area contributed by atoms with Gasteiger partial charge < -0.3 is 15.1 Å². The van der Waals surface area contributed by atoms with Crippen LogP contribution in [0, 0.1) is 0 Å². The number of nitrogens with one attached hydrogen (secondary N) is 2. The summed E-state index contributed by atoms with van der Waals surface area (Å²) in [6.45, 7) is 3.25. The van der Waals surface area contributed by atoms with Crippen LogP contribution >= 0.6 is 11.8 Å². The molecular weight excluding hydrogens is 248 g/mol. The Labute approximate surface area is 112 Å². The van der Waals surface area contributed by atoms with Gasteiger partial charge in [0.1, 0.15) is 5.76 Å². The molecule has 1 amide bonds. The predicted octanol–water partition coefficient (Wildman–Crippen LogP) is 1.77. The molecule has 1 heterocycles. The normalized spacial score (nSPS) is 18.3. The van der Waals surface area contributed by atoms with E-state index < -0.39 is 0 Å². The van der Waals surface area contributed by atoms with Crippen molar-refractivity contribution in [1.29, 1.82) is 0 Å². The van der Waals surface area contributed by atoms with Gasteiger partial charge in [0.15, 0.2) is 0 Å². The average Bonchev–Trinajstić information content (AvgIpc) is 2.99. The van der Waals surface area contributed by atoms with Crippen LogP contribution in [0.25, 0.3) is 0 Å². The Kier molecular flexibility index (Phi) is 4.35. The zero-order valence-electron chi connectivity index (χ0n) is 10.9. The van der Waals surface area contributed by atoms with Gasteiger partial charge in [0.2, 0.25) is 5.91 Å². The SMILES string of the molecule is CSC1(CNC(C)C(=O)NCc2ccco2)CC1. The Morgan fingerprint density at radius 2 is 2.39 bits per heavy atom. The van der Waals surface area contributed by atoms with Gasteiger partial charge in [-0.25, -0.2) is 0 Å². The third-order valence-corrected chi connectivity index (χ3v) is 4.80. The summed E-state index contributed by atoms with van der Waals surface area (Å²) in [4.78, 5) is 11.8. The smallest absolute Gasteiger partial charge is 0.237 e. The highest BCUT2D eigenvalue weighted by Gasteiger charge is 2.41. The Morgan fingerprint density at radius 1 is 1.61 bits per heavy atom. The van der Waals surface area contributed by atoms with Crippen molar-refractivity contribution in [2.45, 2.75) is 37.1 Å². The summed E-state index contributed by atoms with van der Waals surface area (Å²) in [5.74, 6) is 0.793. The number of hydrogen-bond donors (Lipinski definition) is 2. The highest BCUT2D eigenvalue weighted by atomic mass is 32.2. The molecule has 1 unspecified atom stereocenters. The fourth-order valence-corrected chi connectivity index (χ4v) is 2.50. The number of thioether (sulfide) groups is 1. The van der Waals surface area contributed by atoms with Crippen LogP contribution in [0.2, 0.25) is 0 Å². The first-order valence-electron chi connectivity index (χ1n) is 6.24. The molecule has 0 spiro atoms. The summed E-state index contributed by atoms with van der Waals surface area (Å²) >= 11 is 1.89. The highest BCUT2D eigenvalue weighted by molar-refractivity contribution is 8.00. The summed E-state index contributed by atoms with van der Waals surface area (Å²) in [5.41, 5.74) is 0. The minimum absolute atomic E-state index is 0.0169. The largest absolute Gasteiger partial charge is 0.467 e. The predicted molar refractivity (Wildman–Crippen MR) is 73.5 cm³/mol. The van der Waals surface area contributed by atoms with E-state index in [1.807, 2.05) is 30.8 Å². The van der Waals surface area contributed by atoms with Gasteiger partial charge in [-0.05, 0) is 38.2 Å². The highest BCUT2D eigenvalue weighted by Crippen LogP contribution is 2.46. The topological polar surface area (TPSA) is 54.3 Å². The van der Waals surface area contributed by atoms with Crippen LogP contribution in [0.5, 0.6) is 0 Å². The lowest BCUT2D eigenvalue weighted by molar-refractivity contribution is -0.123. The van der Waals surface area contributed by atoms with Crippen LogP contribution in [0.1, 0.15) is 25.5 Å². The van der Waals surface area contributed by atoms with Crippen LogP contribution in [0.15, 0.2) is 22.8 Å². The van der Waals surface area contributed by atoms with E-state index in [1.54, 1.807) is 6.26 Å². The minimum Gasteiger partial charge on any atom is -0.467 e. The van der Waals surface area contributed by atoms with Crippen molar-refractivity contribution in [2.24, 2.45) is 0 Å². The van der Waals surface area contributed by atoms with E-state index in [2.05, 4.69) is 16.9 Å². The van der Waals surface area contributed by atoms with Gasteiger partial charge in [-0.3, -0.25) is 4.79 Å². The standard InChI is InChI=1S/C13H20N2O2S/c1-10(15-9-13(18-2)5-6-13)12(16)14-8-11-4-3-7-17-11/h3-4,7,10,15H,5-6,8-9H2,1-2H3,(H,14,16). The van der Waals surface area contributed by atoms with Crippen LogP contribution in [0.3, 0.4) is 0 Å². The number of carbonyl (C=O) groups is 1. The second-order valence-electron chi connectivity index (χ2n) is 4.79. The second kappa shape index (κ2) is 5.80. The molecule has 1 aromatic rings. The molecule has 2 rings (SSSR count). The molecule has 1 aliphatic carbocycles. The molecule has 4 nitrogen and oxygen atoms in total. The molecule has 5 heteroatoms. The Bertz CT molecular complexity index is 388. The molecule has 0 saturated heterocycles. The summed E-state index contributed by atoms with van der Waals surface area (Å²) in [5, 5.41) is 6.16. The molecular formula is C13H20N2O2S. The Morgan fingerprint density at radius 3 is 2.94 bits per heavy atom. The van der Waals surface area contributed by atoms with Crippen LogP contribution in [-0.4, -0.2) is 29.5 Å². The van der Waals surface area contributed by atoms with E-state index in [0.29, 0.717) is 11.3 Å². The monoisotopic (exact) mass is 268 g/mol. The molecule has 0 bridgehead atoms. The lowest BCUT2D eigenvalue weighted by atomic mass is 10.3. The third kappa shape index (κ3) is 3.53. The van der Waals surface area contributed by atoms with Crippen molar-refractivity contribution in [3.05, 3.63) is 24.2 Å². The van der Waals surface area contributed by atoms with Crippen molar-refractivity contribution in [3.8, 4) is 0 Å². The van der Waals surface area contributed by atoms with Crippen LogP contribution < -0.4 is 10.6 Å². The van der Waals surface area contributed by atoms with Gasteiger partial charge in [-0.1, -0.05) is 0 Å². The van der Waals surface area contributed by atoms with Crippen molar-refractivity contribution < 1.29 is 9.21 Å². The zero-order valence-corrected chi connectivity index (χ0v) is 11.7. The first-order chi connectivity index (χ1) is 8.65. The molecule has 1 atom stereocenters. The Balaban J connectivity index is 1.68. The fourth-order valence-electron chi connectivity index (χ4n) is 1.76. The Hall–Kier alpha value is -0.940. The maximum atomic E-state index is 11.8. The zero-order chi connectivity index (χ0) is 13.0. The average molecular weight is 268 g/mol. The van der Waals surface area contributed by atoms with Gasteiger partial charge in [0, 0.05) is 11.3 Å². The number of hydrogen-bond acceptors (Lipinski definition) is 4. The summed E-state index contributed by atoms with van der Waals surface area (Å²) in [6.07, 6.45) is 6.25. The summed E-state index contributed by atoms with van der Waals surface area (Å²) in [6, 6.07) is 3.51. The van der Waals surface area contributed by atoms with Gasteiger partial charge >= 0.3 is 0 Å². The van der Waals surface area contributed by atoms with Gasteiger partial charge in [0.05, 0.1) is 18.8 Å². The van der Waals surface area contributed by atoms with E-state index in [1.165, 1.54) is 12.8 Å². The molecule has 0 aromatic carbocycles. The maximum absolute atomic E-state index is 11.8. The maximum Gasteiger partial charge on any atom is 0.237 e. The van der Waals surface area contributed by atoms with Gasteiger partial charge in [-0.15, -0.1) is 0 Å². The molecule has 1 fully saturated rings. The number of amides is 1. The van der Waals surface area contributed by atoms with Crippen molar-refractivity contribution in [3.63, 3.8) is 0 Å². The molecule has 18 heavy (non-hydrogen) atoms.